The van der Waals surface area contributed by atoms with E-state index in [1.54, 1.807) is 24.3 Å². The van der Waals surface area contributed by atoms with Gasteiger partial charge in [-0.05, 0) is 61.3 Å². The zero-order chi connectivity index (χ0) is 20.2. The summed E-state index contributed by atoms with van der Waals surface area (Å²) >= 11 is 6.42. The average Bonchev–Trinajstić information content (AvgIpc) is 2.94. The van der Waals surface area contributed by atoms with Crippen molar-refractivity contribution in [3.8, 4) is 11.5 Å². The molecule has 0 atom stereocenters. The summed E-state index contributed by atoms with van der Waals surface area (Å²) in [7, 11) is 0. The first-order chi connectivity index (χ1) is 14.1. The van der Waals surface area contributed by atoms with Crippen LogP contribution in [0.4, 0.5) is 14.5 Å². The van der Waals surface area contributed by atoms with Crippen LogP contribution in [0.15, 0.2) is 54.6 Å². The number of halogens is 3. The molecule has 0 aliphatic carbocycles. The highest BCUT2D eigenvalue weighted by molar-refractivity contribution is 6.33. The number of ether oxygens (including phenoxy) is 1. The molecule has 6 heteroatoms. The number of nitrogens with one attached hydrogen (secondary N) is 2. The third kappa shape index (κ3) is 4.69. The fourth-order valence-corrected chi connectivity index (χ4v) is 3.76. The lowest BCUT2D eigenvalue weighted by molar-refractivity contribution is 0.470. The lowest BCUT2D eigenvalue weighted by atomic mass is 10.0. The molecule has 3 aromatic rings. The molecule has 0 fully saturated rings. The van der Waals surface area contributed by atoms with E-state index in [4.69, 9.17) is 16.3 Å². The van der Waals surface area contributed by atoms with Crippen molar-refractivity contribution in [2.75, 3.05) is 18.4 Å². The Labute approximate surface area is 173 Å². The monoisotopic (exact) mass is 414 g/mol. The predicted molar refractivity (Wildman–Crippen MR) is 112 cm³/mol. The molecule has 3 nitrogen and oxygen atoms in total. The van der Waals surface area contributed by atoms with Crippen molar-refractivity contribution >= 4 is 17.3 Å². The quantitative estimate of drug-likeness (QED) is 0.561. The molecule has 0 saturated carbocycles. The van der Waals surface area contributed by atoms with Crippen molar-refractivity contribution in [1.29, 1.82) is 0 Å². The molecule has 29 heavy (non-hydrogen) atoms. The first-order valence-electron chi connectivity index (χ1n) is 9.57. The second-order valence-corrected chi connectivity index (χ2v) is 7.38. The Balaban J connectivity index is 1.49. The molecule has 4 rings (SSSR count). The minimum absolute atomic E-state index is 0.301. The van der Waals surface area contributed by atoms with Gasteiger partial charge in [-0.3, -0.25) is 0 Å². The van der Waals surface area contributed by atoms with E-state index in [1.807, 2.05) is 6.07 Å². The van der Waals surface area contributed by atoms with Crippen LogP contribution in [0.5, 0.6) is 11.5 Å². The Kier molecular flexibility index (Phi) is 5.97. The van der Waals surface area contributed by atoms with Gasteiger partial charge in [-0.25, -0.2) is 8.78 Å². The number of fused-ring (bicyclic) bond motifs is 1. The lowest BCUT2D eigenvalue weighted by Crippen LogP contribution is -2.16. The van der Waals surface area contributed by atoms with Crippen molar-refractivity contribution < 1.29 is 13.5 Å². The van der Waals surface area contributed by atoms with Gasteiger partial charge in [0.1, 0.15) is 23.1 Å². The van der Waals surface area contributed by atoms with Gasteiger partial charge >= 0.3 is 0 Å². The standard InChI is InChI=1S/C23H21ClF2N2O/c24-21-7-5-15-8-10-27-11-9-20(15)23(21)28-14-16-4-6-19(13-22(16)26)29-18-3-1-2-17(25)12-18/h1-7,12-13,27-28H,8-11,14H2. The van der Waals surface area contributed by atoms with Gasteiger partial charge in [0.05, 0.1) is 10.7 Å². The van der Waals surface area contributed by atoms with E-state index in [0.717, 1.165) is 31.6 Å². The van der Waals surface area contributed by atoms with Crippen LogP contribution in [-0.2, 0) is 19.4 Å². The second-order valence-electron chi connectivity index (χ2n) is 6.98. The molecule has 150 valence electrons. The van der Waals surface area contributed by atoms with Gasteiger partial charge in [-0.1, -0.05) is 29.8 Å². The molecule has 1 aliphatic heterocycles. The third-order valence-electron chi connectivity index (χ3n) is 4.99. The SMILES string of the molecule is Fc1cccc(Oc2ccc(CNc3c(Cl)ccc4c3CCNCC4)c(F)c2)c1. The molecular weight excluding hydrogens is 394 g/mol. The summed E-state index contributed by atoms with van der Waals surface area (Å²) in [5.74, 6) is -0.166. The summed E-state index contributed by atoms with van der Waals surface area (Å²) in [5.41, 5.74) is 3.82. The zero-order valence-corrected chi connectivity index (χ0v) is 16.5. The number of hydrogen-bond acceptors (Lipinski definition) is 3. The van der Waals surface area contributed by atoms with E-state index in [1.165, 1.54) is 29.3 Å². The van der Waals surface area contributed by atoms with Gasteiger partial charge in [-0.15, -0.1) is 0 Å². The van der Waals surface area contributed by atoms with Gasteiger partial charge in [0, 0.05) is 24.2 Å². The highest BCUT2D eigenvalue weighted by Gasteiger charge is 2.15. The molecule has 1 heterocycles. The largest absolute Gasteiger partial charge is 0.457 e. The summed E-state index contributed by atoms with van der Waals surface area (Å²) in [5, 5.41) is 7.33. The molecule has 1 aliphatic rings. The van der Waals surface area contributed by atoms with Crippen LogP contribution in [0.3, 0.4) is 0 Å². The third-order valence-corrected chi connectivity index (χ3v) is 5.31. The van der Waals surface area contributed by atoms with Gasteiger partial charge in [0.15, 0.2) is 0 Å². The molecule has 0 saturated heterocycles. The molecule has 0 spiro atoms. The lowest BCUT2D eigenvalue weighted by Gasteiger charge is -2.17. The van der Waals surface area contributed by atoms with E-state index < -0.39 is 11.6 Å². The second kappa shape index (κ2) is 8.80. The molecule has 0 aromatic heterocycles. The fraction of sp³-hybridized carbons (Fsp3) is 0.217. The molecule has 0 amide bonds. The first-order valence-corrected chi connectivity index (χ1v) is 9.94. The summed E-state index contributed by atoms with van der Waals surface area (Å²) in [4.78, 5) is 0. The smallest absolute Gasteiger partial charge is 0.131 e. The Morgan fingerprint density at radius 1 is 0.966 bits per heavy atom. The number of rotatable bonds is 5. The van der Waals surface area contributed by atoms with Crippen molar-refractivity contribution in [3.63, 3.8) is 0 Å². The maximum atomic E-state index is 14.6. The van der Waals surface area contributed by atoms with Gasteiger partial charge in [0.25, 0.3) is 0 Å². The summed E-state index contributed by atoms with van der Waals surface area (Å²) < 4.78 is 33.4. The van der Waals surface area contributed by atoms with Gasteiger partial charge in [-0.2, -0.15) is 0 Å². The Morgan fingerprint density at radius 3 is 2.62 bits per heavy atom. The minimum atomic E-state index is -0.405. The van der Waals surface area contributed by atoms with Crippen LogP contribution in [0.1, 0.15) is 16.7 Å². The van der Waals surface area contributed by atoms with E-state index >= 15 is 0 Å². The minimum Gasteiger partial charge on any atom is -0.457 e. The van der Waals surface area contributed by atoms with Crippen molar-refractivity contribution in [3.05, 3.63) is 87.9 Å². The number of anilines is 1. The van der Waals surface area contributed by atoms with Crippen LogP contribution in [-0.4, -0.2) is 13.1 Å². The van der Waals surface area contributed by atoms with Crippen molar-refractivity contribution in [2.24, 2.45) is 0 Å². The molecule has 3 aromatic carbocycles. The van der Waals surface area contributed by atoms with Crippen LogP contribution in [0.2, 0.25) is 5.02 Å². The van der Waals surface area contributed by atoms with E-state index in [-0.39, 0.29) is 0 Å². The van der Waals surface area contributed by atoms with Crippen molar-refractivity contribution in [2.45, 2.75) is 19.4 Å². The topological polar surface area (TPSA) is 33.3 Å². The molecular formula is C23H21ClF2N2O. The predicted octanol–water partition coefficient (Wildman–Crippen LogP) is 5.71. The number of hydrogen-bond donors (Lipinski definition) is 2. The highest BCUT2D eigenvalue weighted by Crippen LogP contribution is 2.32. The Morgan fingerprint density at radius 2 is 1.79 bits per heavy atom. The van der Waals surface area contributed by atoms with Crippen LogP contribution in [0.25, 0.3) is 0 Å². The van der Waals surface area contributed by atoms with Crippen LogP contribution in [0, 0.1) is 11.6 Å². The Bertz CT molecular complexity index is 1030. The molecule has 2 N–H and O–H groups in total. The van der Waals surface area contributed by atoms with Crippen LogP contribution >= 0.6 is 11.6 Å². The molecule has 0 bridgehead atoms. The average molecular weight is 415 g/mol. The van der Waals surface area contributed by atoms with Gasteiger partial charge < -0.3 is 15.4 Å². The maximum absolute atomic E-state index is 14.6. The maximum Gasteiger partial charge on any atom is 0.131 e. The summed E-state index contributed by atoms with van der Waals surface area (Å²) in [6, 6.07) is 14.3. The first kappa shape index (κ1) is 19.7. The molecule has 0 radical (unpaired) electrons. The zero-order valence-electron chi connectivity index (χ0n) is 15.8. The normalized spacial score (nSPS) is 13.5. The van der Waals surface area contributed by atoms with E-state index in [0.29, 0.717) is 28.6 Å². The van der Waals surface area contributed by atoms with Gasteiger partial charge in [0.2, 0.25) is 0 Å². The van der Waals surface area contributed by atoms with Crippen LogP contribution < -0.4 is 15.4 Å². The number of benzene rings is 3. The summed E-state index contributed by atoms with van der Waals surface area (Å²) in [6.07, 6.45) is 1.82. The van der Waals surface area contributed by atoms with Crippen molar-refractivity contribution in [1.82, 2.24) is 5.32 Å². The Hall–Kier alpha value is -2.63. The van der Waals surface area contributed by atoms with E-state index in [9.17, 15) is 8.78 Å². The van der Waals surface area contributed by atoms with E-state index in [2.05, 4.69) is 16.7 Å². The fourth-order valence-electron chi connectivity index (χ4n) is 3.52. The summed E-state index contributed by atoms with van der Waals surface area (Å²) in [6.45, 7) is 2.13. The molecule has 0 unspecified atom stereocenters. The highest BCUT2D eigenvalue weighted by atomic mass is 35.5.